The van der Waals surface area contributed by atoms with E-state index in [-0.39, 0.29) is 24.0 Å². The molecule has 0 saturated heterocycles. The Kier molecular flexibility index (Phi) is 6.85. The van der Waals surface area contributed by atoms with Gasteiger partial charge in [0.1, 0.15) is 0 Å². The highest BCUT2D eigenvalue weighted by molar-refractivity contribution is 6.20. The van der Waals surface area contributed by atoms with Crippen molar-refractivity contribution in [3.05, 3.63) is 77.7 Å². The molecule has 7 nitrogen and oxygen atoms in total. The zero-order valence-corrected chi connectivity index (χ0v) is 17.0. The number of anilines is 1. The maximum atomic E-state index is 13.0. The van der Waals surface area contributed by atoms with Gasteiger partial charge in [-0.3, -0.25) is 9.59 Å². The summed E-state index contributed by atoms with van der Waals surface area (Å²) in [4.78, 5) is 39.9. The van der Waals surface area contributed by atoms with Crippen molar-refractivity contribution < 1.29 is 23.9 Å². The molecule has 0 aliphatic carbocycles. The molecule has 1 amide bonds. The Bertz CT molecular complexity index is 937. The molecule has 1 N–H and O–H groups in total. The molecule has 2 aromatic carbocycles. The summed E-state index contributed by atoms with van der Waals surface area (Å²) in [7, 11) is 0. The van der Waals surface area contributed by atoms with Gasteiger partial charge in [-0.05, 0) is 26.0 Å². The quantitative estimate of drug-likeness (QED) is 0.534. The molecule has 0 fully saturated rings. The third kappa shape index (κ3) is 4.68. The average molecular weight is 408 g/mol. The monoisotopic (exact) mass is 408 g/mol. The largest absolute Gasteiger partial charge is 0.470 e. The van der Waals surface area contributed by atoms with Crippen LogP contribution in [0.3, 0.4) is 0 Å². The summed E-state index contributed by atoms with van der Waals surface area (Å²) in [5, 5.41) is 2.93. The molecule has 1 atom stereocenters. The molecule has 30 heavy (non-hydrogen) atoms. The Balaban J connectivity index is 1.89. The Labute approximate surface area is 175 Å². The summed E-state index contributed by atoms with van der Waals surface area (Å²) in [6.45, 7) is 4.39. The van der Waals surface area contributed by atoms with Crippen LogP contribution in [0.5, 0.6) is 0 Å². The summed E-state index contributed by atoms with van der Waals surface area (Å²) < 4.78 is 10.9. The van der Waals surface area contributed by atoms with Crippen molar-refractivity contribution in [2.45, 2.75) is 20.0 Å². The SMILES string of the molecule is CCN(CC)C(=O)[C@H](OC(=O)C1=C(Nc2ccccc2)OCC1=O)c1ccccc1. The first-order valence-electron chi connectivity index (χ1n) is 9.82. The molecule has 0 aromatic heterocycles. The van der Waals surface area contributed by atoms with E-state index in [2.05, 4.69) is 5.32 Å². The molecule has 7 heteroatoms. The van der Waals surface area contributed by atoms with Gasteiger partial charge in [0.2, 0.25) is 17.8 Å². The van der Waals surface area contributed by atoms with Crippen molar-refractivity contribution in [2.75, 3.05) is 25.0 Å². The lowest BCUT2D eigenvalue weighted by atomic mass is 10.1. The van der Waals surface area contributed by atoms with Gasteiger partial charge in [0, 0.05) is 24.3 Å². The first-order chi connectivity index (χ1) is 14.5. The number of nitrogens with one attached hydrogen (secondary N) is 1. The molecule has 0 radical (unpaired) electrons. The van der Waals surface area contributed by atoms with Gasteiger partial charge in [-0.1, -0.05) is 48.5 Å². The molecule has 0 saturated carbocycles. The van der Waals surface area contributed by atoms with E-state index in [0.29, 0.717) is 24.3 Å². The highest BCUT2D eigenvalue weighted by atomic mass is 16.6. The Hall–Kier alpha value is -3.61. The van der Waals surface area contributed by atoms with E-state index >= 15 is 0 Å². The van der Waals surface area contributed by atoms with Crippen molar-refractivity contribution >= 4 is 23.3 Å². The normalized spacial score (nSPS) is 14.1. The third-order valence-electron chi connectivity index (χ3n) is 4.72. The molecular weight excluding hydrogens is 384 g/mol. The Morgan fingerprint density at radius 2 is 1.63 bits per heavy atom. The van der Waals surface area contributed by atoms with Gasteiger partial charge in [0.05, 0.1) is 0 Å². The van der Waals surface area contributed by atoms with E-state index in [1.54, 1.807) is 41.3 Å². The molecule has 1 heterocycles. The highest BCUT2D eigenvalue weighted by Gasteiger charge is 2.36. The fraction of sp³-hybridized carbons (Fsp3) is 0.261. The third-order valence-corrected chi connectivity index (χ3v) is 4.72. The second-order valence-corrected chi connectivity index (χ2v) is 6.61. The number of ketones is 1. The van der Waals surface area contributed by atoms with E-state index in [1.807, 2.05) is 38.1 Å². The Morgan fingerprint density at radius 3 is 2.23 bits per heavy atom. The Morgan fingerprint density at radius 1 is 1.03 bits per heavy atom. The second kappa shape index (κ2) is 9.73. The maximum Gasteiger partial charge on any atom is 0.348 e. The van der Waals surface area contributed by atoms with Crippen LogP contribution in [0.25, 0.3) is 0 Å². The molecule has 0 unspecified atom stereocenters. The summed E-state index contributed by atoms with van der Waals surface area (Å²) >= 11 is 0. The number of nitrogens with zero attached hydrogens (tertiary/aromatic N) is 1. The summed E-state index contributed by atoms with van der Waals surface area (Å²) in [6, 6.07) is 17.8. The maximum absolute atomic E-state index is 13.0. The number of benzene rings is 2. The van der Waals surface area contributed by atoms with E-state index in [4.69, 9.17) is 9.47 Å². The number of para-hydroxylation sites is 1. The topological polar surface area (TPSA) is 84.9 Å². The van der Waals surface area contributed by atoms with Gasteiger partial charge >= 0.3 is 5.97 Å². The first-order valence-corrected chi connectivity index (χ1v) is 9.82. The van der Waals surface area contributed by atoms with Crippen LogP contribution in [0.15, 0.2) is 72.1 Å². The van der Waals surface area contributed by atoms with Crippen molar-refractivity contribution in [1.29, 1.82) is 0 Å². The number of Topliss-reactive ketones (excluding diaryl/α,β-unsaturated/α-hetero) is 1. The molecule has 1 aliphatic heterocycles. The second-order valence-electron chi connectivity index (χ2n) is 6.61. The van der Waals surface area contributed by atoms with Crippen LogP contribution in [-0.2, 0) is 23.9 Å². The number of carbonyl (C=O) groups excluding carboxylic acids is 3. The van der Waals surface area contributed by atoms with Gasteiger partial charge in [-0.2, -0.15) is 0 Å². The van der Waals surface area contributed by atoms with Crippen LogP contribution in [-0.4, -0.2) is 42.3 Å². The standard InChI is InChI=1S/C23H24N2O5/c1-3-25(4-2)22(27)20(16-11-7-5-8-12-16)30-23(28)19-18(26)15-29-21(19)24-17-13-9-6-10-14-17/h5-14,20,24H,3-4,15H2,1-2H3/t20-/m1/s1. The first kappa shape index (κ1) is 21.1. The molecule has 1 aliphatic rings. The zero-order chi connectivity index (χ0) is 21.5. The fourth-order valence-electron chi connectivity index (χ4n) is 3.12. The van der Waals surface area contributed by atoms with E-state index < -0.39 is 17.9 Å². The number of esters is 1. The molecule has 0 bridgehead atoms. The van der Waals surface area contributed by atoms with Crippen LogP contribution in [0.2, 0.25) is 0 Å². The van der Waals surface area contributed by atoms with E-state index in [1.165, 1.54) is 0 Å². The lowest BCUT2D eigenvalue weighted by molar-refractivity contribution is -0.158. The van der Waals surface area contributed by atoms with Crippen LogP contribution in [0.1, 0.15) is 25.5 Å². The molecule has 3 rings (SSSR count). The van der Waals surface area contributed by atoms with Crippen LogP contribution < -0.4 is 5.32 Å². The summed E-state index contributed by atoms with van der Waals surface area (Å²) in [5.41, 5.74) is 0.964. The number of carbonyl (C=O) groups is 3. The molecule has 0 spiro atoms. The van der Waals surface area contributed by atoms with Crippen LogP contribution in [0, 0.1) is 0 Å². The van der Waals surface area contributed by atoms with Crippen molar-refractivity contribution in [1.82, 2.24) is 4.90 Å². The van der Waals surface area contributed by atoms with Gasteiger partial charge in [-0.15, -0.1) is 0 Å². The smallest absolute Gasteiger partial charge is 0.348 e. The number of amides is 1. The molecule has 2 aromatic rings. The van der Waals surface area contributed by atoms with Crippen molar-refractivity contribution in [2.24, 2.45) is 0 Å². The minimum absolute atomic E-state index is 0.0262. The van der Waals surface area contributed by atoms with E-state index in [0.717, 1.165) is 0 Å². The van der Waals surface area contributed by atoms with Crippen LogP contribution >= 0.6 is 0 Å². The van der Waals surface area contributed by atoms with Gasteiger partial charge in [0.15, 0.2) is 12.2 Å². The molecule has 156 valence electrons. The number of likely N-dealkylation sites (N-methyl/N-ethyl adjacent to an activating group) is 1. The number of hydrogen-bond acceptors (Lipinski definition) is 6. The minimum Gasteiger partial charge on any atom is -0.470 e. The predicted molar refractivity (Wildman–Crippen MR) is 111 cm³/mol. The fourth-order valence-corrected chi connectivity index (χ4v) is 3.12. The number of rotatable bonds is 8. The van der Waals surface area contributed by atoms with Crippen molar-refractivity contribution in [3.63, 3.8) is 0 Å². The summed E-state index contributed by atoms with van der Waals surface area (Å²) in [6.07, 6.45) is -1.16. The number of hydrogen-bond donors (Lipinski definition) is 1. The lowest BCUT2D eigenvalue weighted by Gasteiger charge is -2.25. The van der Waals surface area contributed by atoms with Crippen LogP contribution in [0.4, 0.5) is 5.69 Å². The highest BCUT2D eigenvalue weighted by Crippen LogP contribution is 2.26. The van der Waals surface area contributed by atoms with Crippen molar-refractivity contribution in [3.8, 4) is 0 Å². The van der Waals surface area contributed by atoms with E-state index in [9.17, 15) is 14.4 Å². The predicted octanol–water partition coefficient (Wildman–Crippen LogP) is 3.06. The minimum atomic E-state index is -1.16. The number of ether oxygens (including phenoxy) is 2. The lowest BCUT2D eigenvalue weighted by Crippen LogP contribution is -2.37. The van der Waals surface area contributed by atoms with Gasteiger partial charge < -0.3 is 19.7 Å². The van der Waals surface area contributed by atoms with Gasteiger partial charge in [-0.25, -0.2) is 4.79 Å². The average Bonchev–Trinajstić information content (AvgIpc) is 3.14. The molecular formula is C23H24N2O5. The summed E-state index contributed by atoms with van der Waals surface area (Å²) in [5.74, 6) is -1.71. The van der Waals surface area contributed by atoms with Gasteiger partial charge in [0.25, 0.3) is 5.91 Å². The zero-order valence-electron chi connectivity index (χ0n) is 17.0.